The standard InChI is InChI=1S/C18H27N3O2S/c1-14-15(2)24(23)13-12-21(14)18(22)19-16-6-8-17(9-7-16)20-10-4-3-5-11-20/h6-9,14-15H,3-5,10-13H2,1-2H3,(H,19,22). The van der Waals surface area contributed by atoms with Crippen LogP contribution in [0, 0.1) is 0 Å². The zero-order valence-electron chi connectivity index (χ0n) is 14.5. The monoisotopic (exact) mass is 349 g/mol. The number of amides is 2. The van der Waals surface area contributed by atoms with Crippen molar-refractivity contribution in [1.82, 2.24) is 4.90 Å². The quantitative estimate of drug-likeness (QED) is 0.893. The van der Waals surface area contributed by atoms with Crippen LogP contribution in [-0.2, 0) is 10.8 Å². The molecule has 3 rings (SSSR count). The van der Waals surface area contributed by atoms with E-state index in [0.29, 0.717) is 12.3 Å². The lowest BCUT2D eigenvalue weighted by atomic mass is 10.1. The summed E-state index contributed by atoms with van der Waals surface area (Å²) < 4.78 is 11.9. The third-order valence-corrected chi connectivity index (χ3v) is 7.03. The predicted octanol–water partition coefficient (Wildman–Crippen LogP) is 3.05. The van der Waals surface area contributed by atoms with Crippen molar-refractivity contribution in [2.45, 2.75) is 44.4 Å². The molecule has 2 aliphatic heterocycles. The lowest BCUT2D eigenvalue weighted by Crippen LogP contribution is -2.53. The highest BCUT2D eigenvalue weighted by Gasteiger charge is 2.32. The van der Waals surface area contributed by atoms with Gasteiger partial charge in [0.05, 0.1) is 5.25 Å². The molecule has 0 spiro atoms. The van der Waals surface area contributed by atoms with Gasteiger partial charge in [-0.15, -0.1) is 0 Å². The first-order valence-corrected chi connectivity index (χ1v) is 10.2. The number of nitrogens with zero attached hydrogens (tertiary/aromatic N) is 2. The molecule has 2 heterocycles. The number of carbonyl (C=O) groups excluding carboxylic acids is 1. The molecule has 0 radical (unpaired) electrons. The lowest BCUT2D eigenvalue weighted by Gasteiger charge is -2.37. The van der Waals surface area contributed by atoms with E-state index in [1.807, 2.05) is 26.0 Å². The third-order valence-electron chi connectivity index (χ3n) is 5.22. The molecule has 0 saturated carbocycles. The summed E-state index contributed by atoms with van der Waals surface area (Å²) in [5, 5.41) is 3.00. The average Bonchev–Trinajstić information content (AvgIpc) is 2.61. The van der Waals surface area contributed by atoms with Gasteiger partial charge in [0.15, 0.2) is 0 Å². The molecule has 2 fully saturated rings. The fourth-order valence-electron chi connectivity index (χ4n) is 3.44. The molecule has 0 bridgehead atoms. The summed E-state index contributed by atoms with van der Waals surface area (Å²) >= 11 is 0. The van der Waals surface area contributed by atoms with Crippen molar-refractivity contribution < 1.29 is 9.00 Å². The Morgan fingerprint density at radius 2 is 1.75 bits per heavy atom. The number of carbonyl (C=O) groups is 1. The second-order valence-electron chi connectivity index (χ2n) is 6.75. The second kappa shape index (κ2) is 7.55. The number of urea groups is 1. The van der Waals surface area contributed by atoms with Crippen LogP contribution >= 0.6 is 0 Å². The molecule has 1 aromatic rings. The Balaban J connectivity index is 1.61. The van der Waals surface area contributed by atoms with Crippen LogP contribution < -0.4 is 10.2 Å². The first-order valence-electron chi connectivity index (χ1n) is 8.86. The summed E-state index contributed by atoms with van der Waals surface area (Å²) in [6.07, 6.45) is 3.83. The Morgan fingerprint density at radius 3 is 2.42 bits per heavy atom. The molecule has 1 N–H and O–H groups in total. The van der Waals surface area contributed by atoms with E-state index in [2.05, 4.69) is 22.3 Å². The Kier molecular flexibility index (Phi) is 5.43. The van der Waals surface area contributed by atoms with E-state index in [-0.39, 0.29) is 17.3 Å². The van der Waals surface area contributed by atoms with E-state index >= 15 is 0 Å². The van der Waals surface area contributed by atoms with Crippen molar-refractivity contribution in [1.29, 1.82) is 0 Å². The Bertz CT molecular complexity index is 599. The summed E-state index contributed by atoms with van der Waals surface area (Å²) in [6, 6.07) is 8.00. The van der Waals surface area contributed by atoms with Crippen molar-refractivity contribution in [3.63, 3.8) is 0 Å². The van der Waals surface area contributed by atoms with Gasteiger partial charge < -0.3 is 15.1 Å². The number of anilines is 2. The van der Waals surface area contributed by atoms with E-state index in [1.165, 1.54) is 24.9 Å². The van der Waals surface area contributed by atoms with Gasteiger partial charge in [0.1, 0.15) is 0 Å². The fourth-order valence-corrected chi connectivity index (χ4v) is 4.78. The maximum absolute atomic E-state index is 12.5. The third kappa shape index (κ3) is 3.74. The normalized spacial score (nSPS) is 27.8. The second-order valence-corrected chi connectivity index (χ2v) is 8.66. The van der Waals surface area contributed by atoms with Gasteiger partial charge in [-0.05, 0) is 57.4 Å². The number of hydrogen-bond acceptors (Lipinski definition) is 3. The molecule has 132 valence electrons. The predicted molar refractivity (Wildman–Crippen MR) is 100 cm³/mol. The van der Waals surface area contributed by atoms with Gasteiger partial charge in [-0.2, -0.15) is 0 Å². The molecule has 3 atom stereocenters. The SMILES string of the molecule is CC1C(C)S(=O)CCN1C(=O)Nc1ccc(N2CCCCC2)cc1. The molecular weight excluding hydrogens is 322 g/mol. The minimum atomic E-state index is -0.832. The molecule has 5 nitrogen and oxygen atoms in total. The highest BCUT2D eigenvalue weighted by atomic mass is 32.2. The van der Waals surface area contributed by atoms with Gasteiger partial charge in [-0.3, -0.25) is 4.21 Å². The van der Waals surface area contributed by atoms with Crippen molar-refractivity contribution in [3.05, 3.63) is 24.3 Å². The zero-order chi connectivity index (χ0) is 17.1. The number of hydrogen-bond donors (Lipinski definition) is 1. The number of rotatable bonds is 2. The Hall–Kier alpha value is -1.56. The number of piperidine rings is 1. The van der Waals surface area contributed by atoms with Crippen LogP contribution in [0.2, 0.25) is 0 Å². The smallest absolute Gasteiger partial charge is 0.322 e. The summed E-state index contributed by atoms with van der Waals surface area (Å²) in [4.78, 5) is 16.7. The van der Waals surface area contributed by atoms with Gasteiger partial charge in [0.25, 0.3) is 0 Å². The summed E-state index contributed by atoms with van der Waals surface area (Å²) in [5.41, 5.74) is 2.04. The van der Waals surface area contributed by atoms with Crippen LogP contribution in [0.3, 0.4) is 0 Å². The van der Waals surface area contributed by atoms with Gasteiger partial charge in [-0.1, -0.05) is 0 Å². The molecule has 1 aromatic carbocycles. The van der Waals surface area contributed by atoms with Crippen LogP contribution in [0.15, 0.2) is 24.3 Å². The van der Waals surface area contributed by atoms with Crippen LogP contribution in [0.1, 0.15) is 33.1 Å². The highest BCUT2D eigenvalue weighted by Crippen LogP contribution is 2.23. The maximum atomic E-state index is 12.5. The largest absolute Gasteiger partial charge is 0.372 e. The molecular formula is C18H27N3O2S. The van der Waals surface area contributed by atoms with Crippen molar-refractivity contribution >= 4 is 28.2 Å². The van der Waals surface area contributed by atoms with Crippen molar-refractivity contribution in [2.24, 2.45) is 0 Å². The fraction of sp³-hybridized carbons (Fsp3) is 0.611. The Morgan fingerprint density at radius 1 is 1.08 bits per heavy atom. The van der Waals surface area contributed by atoms with Crippen LogP contribution in [0.4, 0.5) is 16.2 Å². The highest BCUT2D eigenvalue weighted by molar-refractivity contribution is 7.85. The van der Waals surface area contributed by atoms with Gasteiger partial charge >= 0.3 is 6.03 Å². The van der Waals surface area contributed by atoms with E-state index in [9.17, 15) is 9.00 Å². The van der Waals surface area contributed by atoms with Crippen LogP contribution in [0.5, 0.6) is 0 Å². The minimum absolute atomic E-state index is 0.00722. The lowest BCUT2D eigenvalue weighted by molar-refractivity contribution is 0.193. The van der Waals surface area contributed by atoms with Crippen molar-refractivity contribution in [3.8, 4) is 0 Å². The van der Waals surface area contributed by atoms with E-state index < -0.39 is 10.8 Å². The molecule has 0 aromatic heterocycles. The summed E-state index contributed by atoms with van der Waals surface area (Å²) in [6.45, 7) is 6.71. The van der Waals surface area contributed by atoms with E-state index in [1.54, 1.807) is 4.90 Å². The first-order chi connectivity index (χ1) is 11.6. The Labute approximate surface area is 146 Å². The number of benzene rings is 1. The average molecular weight is 350 g/mol. The molecule has 3 unspecified atom stereocenters. The van der Waals surface area contributed by atoms with Crippen LogP contribution in [0.25, 0.3) is 0 Å². The topological polar surface area (TPSA) is 52.7 Å². The first kappa shape index (κ1) is 17.3. The van der Waals surface area contributed by atoms with Crippen molar-refractivity contribution in [2.75, 3.05) is 35.6 Å². The molecule has 24 heavy (non-hydrogen) atoms. The van der Waals surface area contributed by atoms with Crippen LogP contribution in [-0.4, -0.2) is 51.8 Å². The zero-order valence-corrected chi connectivity index (χ0v) is 15.3. The minimum Gasteiger partial charge on any atom is -0.372 e. The maximum Gasteiger partial charge on any atom is 0.322 e. The summed E-state index contributed by atoms with van der Waals surface area (Å²) in [5.74, 6) is 0.562. The van der Waals surface area contributed by atoms with Gasteiger partial charge in [0, 0.05) is 53.6 Å². The van der Waals surface area contributed by atoms with E-state index in [4.69, 9.17) is 0 Å². The molecule has 2 amide bonds. The molecule has 2 aliphatic rings. The number of nitrogens with one attached hydrogen (secondary N) is 1. The van der Waals surface area contributed by atoms with Gasteiger partial charge in [-0.25, -0.2) is 4.79 Å². The molecule has 6 heteroatoms. The molecule has 0 aliphatic carbocycles. The van der Waals surface area contributed by atoms with E-state index in [0.717, 1.165) is 18.8 Å². The van der Waals surface area contributed by atoms with Gasteiger partial charge in [0.2, 0.25) is 0 Å². The molecule has 2 saturated heterocycles. The summed E-state index contributed by atoms with van der Waals surface area (Å²) in [7, 11) is -0.832.